The van der Waals surface area contributed by atoms with E-state index in [2.05, 4.69) is 15.1 Å². The van der Waals surface area contributed by atoms with Crippen molar-refractivity contribution < 1.29 is 14.7 Å². The number of halogens is 1. The molecule has 6 nitrogen and oxygen atoms in total. The van der Waals surface area contributed by atoms with Crippen molar-refractivity contribution in [3.05, 3.63) is 95.5 Å². The summed E-state index contributed by atoms with van der Waals surface area (Å²) < 4.78 is 0. The van der Waals surface area contributed by atoms with Crippen LogP contribution in [0.25, 0.3) is 5.57 Å². The minimum atomic E-state index is -1.15. The number of nitrogens with one attached hydrogen (secondary N) is 1. The second-order valence-corrected chi connectivity index (χ2v) is 8.15. The summed E-state index contributed by atoms with van der Waals surface area (Å²) in [5.74, 6) is -1.63. The summed E-state index contributed by atoms with van der Waals surface area (Å²) >= 11 is 5.98. The molecule has 1 saturated heterocycles. The van der Waals surface area contributed by atoms with Gasteiger partial charge in [0.15, 0.2) is 0 Å². The van der Waals surface area contributed by atoms with Crippen molar-refractivity contribution in [2.24, 2.45) is 0 Å². The fourth-order valence-electron chi connectivity index (χ4n) is 3.83. The fraction of sp³-hybridized carbons (Fsp3) is 0.154. The molecule has 1 fully saturated rings. The van der Waals surface area contributed by atoms with Crippen molar-refractivity contribution in [2.45, 2.75) is 0 Å². The van der Waals surface area contributed by atoms with E-state index in [4.69, 9.17) is 11.6 Å². The zero-order valence-corrected chi connectivity index (χ0v) is 18.7. The lowest BCUT2D eigenvalue weighted by atomic mass is 10.1. The van der Waals surface area contributed by atoms with E-state index in [0.717, 1.165) is 43.0 Å². The first-order valence-corrected chi connectivity index (χ1v) is 11.0. The van der Waals surface area contributed by atoms with Crippen LogP contribution in [0.15, 0.2) is 84.9 Å². The van der Waals surface area contributed by atoms with Crippen LogP contribution < -0.4 is 15.1 Å². The third kappa shape index (κ3) is 5.73. The minimum Gasteiger partial charge on any atom is -0.478 e. The highest BCUT2D eigenvalue weighted by Gasteiger charge is 2.18. The minimum absolute atomic E-state index is 0.0525. The van der Waals surface area contributed by atoms with Crippen LogP contribution in [0.1, 0.15) is 5.56 Å². The molecular weight excluding hydrogens is 438 g/mol. The molecule has 0 aromatic heterocycles. The Morgan fingerprint density at radius 3 is 1.82 bits per heavy atom. The first-order valence-electron chi connectivity index (χ1n) is 10.7. The lowest BCUT2D eigenvalue weighted by Crippen LogP contribution is -2.46. The highest BCUT2D eigenvalue weighted by atomic mass is 35.5. The number of nitrogens with zero attached hydrogens (tertiary/aromatic N) is 2. The van der Waals surface area contributed by atoms with Crippen LogP contribution in [0, 0.1) is 0 Å². The predicted octanol–water partition coefficient (Wildman–Crippen LogP) is 4.77. The molecule has 0 saturated carbocycles. The van der Waals surface area contributed by atoms with Crippen LogP contribution in [0.4, 0.5) is 17.1 Å². The molecule has 0 atom stereocenters. The molecule has 0 unspecified atom stereocenters. The van der Waals surface area contributed by atoms with Crippen molar-refractivity contribution in [2.75, 3.05) is 41.3 Å². The Kier molecular flexibility index (Phi) is 6.95. The Hall–Kier alpha value is -3.77. The number of carbonyl (C=O) groups excluding carboxylic acids is 1. The number of anilines is 3. The Morgan fingerprint density at radius 1 is 0.788 bits per heavy atom. The molecule has 0 aliphatic carbocycles. The van der Waals surface area contributed by atoms with Gasteiger partial charge < -0.3 is 20.2 Å². The van der Waals surface area contributed by atoms with E-state index in [9.17, 15) is 14.7 Å². The summed E-state index contributed by atoms with van der Waals surface area (Å²) in [5, 5.41) is 12.9. The Morgan fingerprint density at radius 2 is 1.30 bits per heavy atom. The second-order valence-electron chi connectivity index (χ2n) is 7.72. The number of aliphatic carboxylic acids is 1. The van der Waals surface area contributed by atoms with Crippen LogP contribution in [-0.4, -0.2) is 43.2 Å². The summed E-state index contributed by atoms with van der Waals surface area (Å²) in [5.41, 5.74) is 3.28. The molecule has 1 aliphatic heterocycles. The normalized spacial score (nSPS) is 14.2. The highest BCUT2D eigenvalue weighted by molar-refractivity contribution is 6.30. The van der Waals surface area contributed by atoms with Gasteiger partial charge in [0.25, 0.3) is 0 Å². The maximum Gasteiger partial charge on any atom is 0.336 e. The molecule has 1 heterocycles. The van der Waals surface area contributed by atoms with Crippen molar-refractivity contribution in [3.8, 4) is 0 Å². The number of hydrogen-bond acceptors (Lipinski definition) is 4. The van der Waals surface area contributed by atoms with Gasteiger partial charge in [-0.2, -0.15) is 0 Å². The molecule has 3 aromatic rings. The second kappa shape index (κ2) is 10.2. The number of benzene rings is 3. The molecule has 168 valence electrons. The molecule has 33 heavy (non-hydrogen) atoms. The first kappa shape index (κ1) is 22.4. The van der Waals surface area contributed by atoms with Gasteiger partial charge >= 0.3 is 5.97 Å². The van der Waals surface area contributed by atoms with Crippen LogP contribution in [0.5, 0.6) is 0 Å². The molecule has 1 amide bonds. The molecule has 2 N–H and O–H groups in total. The molecule has 0 bridgehead atoms. The van der Waals surface area contributed by atoms with E-state index in [1.807, 2.05) is 48.5 Å². The number of carboxylic acids is 1. The van der Waals surface area contributed by atoms with E-state index in [1.165, 1.54) is 5.69 Å². The van der Waals surface area contributed by atoms with E-state index < -0.39 is 11.9 Å². The first-order chi connectivity index (χ1) is 16.0. The number of carboxylic acid groups (broad SMARTS) is 1. The standard InChI is InChI=1S/C26H24ClN3O3/c27-20-6-10-22(11-7-20)29-14-16-30(17-15-29)23-12-8-21(9-13-23)28-25(31)18-24(26(32)33)19-4-2-1-3-5-19/h1-13,18H,14-17H2,(H,28,31)(H,32,33). The van der Waals surface area contributed by atoms with Gasteiger partial charge in [0.1, 0.15) is 0 Å². The number of hydrogen-bond donors (Lipinski definition) is 2. The van der Waals surface area contributed by atoms with Gasteiger partial charge in [0.2, 0.25) is 5.91 Å². The number of amides is 1. The summed E-state index contributed by atoms with van der Waals surface area (Å²) in [6.07, 6.45) is 1.11. The van der Waals surface area contributed by atoms with Gasteiger partial charge in [-0.05, 0) is 54.1 Å². The van der Waals surface area contributed by atoms with Crippen molar-refractivity contribution in [1.29, 1.82) is 0 Å². The van der Waals surface area contributed by atoms with Gasteiger partial charge in [-0.3, -0.25) is 4.79 Å². The van der Waals surface area contributed by atoms with E-state index in [-0.39, 0.29) is 5.57 Å². The fourth-order valence-corrected chi connectivity index (χ4v) is 3.95. The third-order valence-electron chi connectivity index (χ3n) is 5.56. The summed E-state index contributed by atoms with van der Waals surface area (Å²) in [6.45, 7) is 3.58. The molecule has 0 spiro atoms. The predicted molar refractivity (Wildman–Crippen MR) is 133 cm³/mol. The SMILES string of the molecule is O=C(C=C(C(=O)O)c1ccccc1)Nc1ccc(N2CCN(c3ccc(Cl)cc3)CC2)cc1. The zero-order chi connectivity index (χ0) is 23.2. The maximum atomic E-state index is 12.4. The quantitative estimate of drug-likeness (QED) is 0.517. The zero-order valence-electron chi connectivity index (χ0n) is 17.9. The topological polar surface area (TPSA) is 72.9 Å². The van der Waals surface area contributed by atoms with E-state index >= 15 is 0 Å². The third-order valence-corrected chi connectivity index (χ3v) is 5.81. The summed E-state index contributed by atoms with van der Waals surface area (Å²) in [6, 6.07) is 24.1. The van der Waals surface area contributed by atoms with Gasteiger partial charge in [0.05, 0.1) is 5.57 Å². The Labute approximate surface area is 197 Å². The van der Waals surface area contributed by atoms with Gasteiger partial charge in [-0.1, -0.05) is 41.9 Å². The Bertz CT molecular complexity index is 1140. The lowest BCUT2D eigenvalue weighted by Gasteiger charge is -2.37. The molecule has 3 aromatic carbocycles. The van der Waals surface area contributed by atoms with E-state index in [0.29, 0.717) is 11.3 Å². The Balaban J connectivity index is 1.36. The van der Waals surface area contributed by atoms with Gasteiger partial charge in [-0.25, -0.2) is 4.79 Å². The highest BCUT2D eigenvalue weighted by Crippen LogP contribution is 2.23. The number of piperazine rings is 1. The van der Waals surface area contributed by atoms with Crippen molar-refractivity contribution in [3.63, 3.8) is 0 Å². The number of rotatable bonds is 6. The average Bonchev–Trinajstić information content (AvgIpc) is 2.84. The van der Waals surface area contributed by atoms with Gasteiger partial charge in [0, 0.05) is 54.3 Å². The molecule has 7 heteroatoms. The summed E-state index contributed by atoms with van der Waals surface area (Å²) in [4.78, 5) is 28.6. The maximum absolute atomic E-state index is 12.4. The smallest absolute Gasteiger partial charge is 0.336 e. The van der Waals surface area contributed by atoms with Crippen LogP contribution in [0.2, 0.25) is 5.02 Å². The molecule has 1 aliphatic rings. The summed E-state index contributed by atoms with van der Waals surface area (Å²) in [7, 11) is 0. The number of carbonyl (C=O) groups is 2. The van der Waals surface area contributed by atoms with Crippen LogP contribution in [-0.2, 0) is 9.59 Å². The average molecular weight is 462 g/mol. The van der Waals surface area contributed by atoms with Gasteiger partial charge in [-0.15, -0.1) is 0 Å². The van der Waals surface area contributed by atoms with Crippen molar-refractivity contribution >= 4 is 46.1 Å². The molecule has 0 radical (unpaired) electrons. The largest absolute Gasteiger partial charge is 0.478 e. The van der Waals surface area contributed by atoms with Crippen LogP contribution in [0.3, 0.4) is 0 Å². The van der Waals surface area contributed by atoms with Crippen LogP contribution >= 0.6 is 11.6 Å². The molecular formula is C26H24ClN3O3. The van der Waals surface area contributed by atoms with Crippen molar-refractivity contribution in [1.82, 2.24) is 0 Å². The monoisotopic (exact) mass is 461 g/mol. The lowest BCUT2D eigenvalue weighted by molar-refractivity contribution is -0.130. The molecule has 4 rings (SSSR count). The van der Waals surface area contributed by atoms with E-state index in [1.54, 1.807) is 30.3 Å².